The second kappa shape index (κ2) is 23.7. The Morgan fingerprint density at radius 3 is 1.17 bits per heavy atom. The highest BCUT2D eigenvalue weighted by atomic mass is 32.2. The number of ether oxygens (including phenoxy) is 1. The van der Waals surface area contributed by atoms with Gasteiger partial charge in [0.1, 0.15) is 11.5 Å². The van der Waals surface area contributed by atoms with E-state index in [0.29, 0.717) is 0 Å². The summed E-state index contributed by atoms with van der Waals surface area (Å²) in [5, 5.41) is 0. The molecule has 0 spiro atoms. The minimum Gasteiger partial charge on any atom is -0.458 e. The quantitative estimate of drug-likeness (QED) is 0.141. The van der Waals surface area contributed by atoms with Gasteiger partial charge in [0.25, 0.3) is 6.71 Å². The third kappa shape index (κ3) is 10.9. The zero-order chi connectivity index (χ0) is 68.7. The lowest BCUT2D eigenvalue weighted by Gasteiger charge is -2.45. The average molecular weight is 1310 g/mol. The maximum Gasteiger partial charge on any atom is 0.256 e. The number of fused-ring (bicyclic) bond motifs is 8. The first kappa shape index (κ1) is 63.2. The number of anilines is 6. The summed E-state index contributed by atoms with van der Waals surface area (Å²) in [6, 6.07) is 106. The number of rotatable bonds is 8. The summed E-state index contributed by atoms with van der Waals surface area (Å²) in [7, 11) is 0. The van der Waals surface area contributed by atoms with Gasteiger partial charge in [-0.05, 0) is 181 Å². The molecule has 0 unspecified atom stereocenters. The lowest BCUT2D eigenvalue weighted by atomic mass is 9.31. The van der Waals surface area contributed by atoms with Crippen molar-refractivity contribution in [1.82, 2.24) is 0 Å². The van der Waals surface area contributed by atoms with E-state index in [1.165, 1.54) is 87.4 Å². The zero-order valence-corrected chi connectivity index (χ0v) is 60.2. The lowest BCUT2D eigenvalue weighted by molar-refractivity contribution is 0.488. The van der Waals surface area contributed by atoms with E-state index in [2.05, 4.69) is 372 Å². The molecule has 0 saturated carbocycles. The highest BCUT2D eigenvalue weighted by molar-refractivity contribution is 8.00. The van der Waals surface area contributed by atoms with Crippen LogP contribution in [0.1, 0.15) is 105 Å². The number of hydrogen-bond donors (Lipinski definition) is 0. The maximum atomic E-state index is 7.73. The predicted octanol–water partition coefficient (Wildman–Crippen LogP) is 22.0. The Bertz CT molecular complexity index is 5290. The van der Waals surface area contributed by atoms with Crippen LogP contribution in [0.25, 0.3) is 66.8 Å². The monoisotopic (exact) mass is 1310 g/mol. The van der Waals surface area contributed by atoms with Crippen molar-refractivity contribution in [2.24, 2.45) is 0 Å². The number of benzene rings is 13. The van der Waals surface area contributed by atoms with Gasteiger partial charge in [0, 0.05) is 49.4 Å². The fourth-order valence-electron chi connectivity index (χ4n) is 15.8. The van der Waals surface area contributed by atoms with Crippen molar-refractivity contribution in [3.63, 3.8) is 0 Å². The van der Waals surface area contributed by atoms with Crippen molar-refractivity contribution in [2.75, 3.05) is 9.80 Å². The van der Waals surface area contributed by atoms with E-state index in [0.717, 1.165) is 89.8 Å². The highest BCUT2D eigenvalue weighted by Crippen LogP contribution is 2.53. The SMILES string of the molecule is CC(C)(C)c1cc(-c2cc3c4c(c2)N(c2c(-c5ccccc5)cccc2-c2ccccc2)c2cc5c(cc2B4c2ccc(-c4ccccc4)cc2O3)B2c3ccc(-c4ccccc4)cc3Sc3cc(-c4cc(C(C)(C)C)cc(C(C)(C)C)c4)cc(c32)N5c2ccccc2)cc(C(C)(C)C)c1. The van der Waals surface area contributed by atoms with Crippen LogP contribution in [0.2, 0.25) is 0 Å². The second-order valence-electron chi connectivity index (χ2n) is 32.1. The van der Waals surface area contributed by atoms with E-state index >= 15 is 0 Å². The van der Waals surface area contributed by atoms with Crippen LogP contribution in [-0.4, -0.2) is 13.4 Å². The van der Waals surface area contributed by atoms with Gasteiger partial charge in [0.2, 0.25) is 6.71 Å². The molecule has 0 atom stereocenters. The van der Waals surface area contributed by atoms with Crippen LogP contribution >= 0.6 is 11.8 Å². The van der Waals surface area contributed by atoms with Gasteiger partial charge < -0.3 is 14.5 Å². The van der Waals surface area contributed by atoms with E-state index in [4.69, 9.17) is 4.74 Å². The normalized spacial score (nSPS) is 13.6. The Hall–Kier alpha value is -10.3. The molecule has 100 heavy (non-hydrogen) atoms. The van der Waals surface area contributed by atoms with Gasteiger partial charge >= 0.3 is 0 Å². The van der Waals surface area contributed by atoms with Crippen LogP contribution in [0.3, 0.4) is 0 Å². The van der Waals surface area contributed by atoms with Crippen molar-refractivity contribution >= 4 is 92.1 Å². The molecular formula is C94H82B2N2OS. The first-order valence-electron chi connectivity index (χ1n) is 35.6. The topological polar surface area (TPSA) is 15.7 Å². The van der Waals surface area contributed by atoms with Crippen molar-refractivity contribution in [2.45, 2.75) is 115 Å². The molecule has 3 nitrogen and oxygen atoms in total. The highest BCUT2D eigenvalue weighted by Gasteiger charge is 2.48. The molecule has 17 rings (SSSR count). The summed E-state index contributed by atoms with van der Waals surface area (Å²) in [6.07, 6.45) is 0. The van der Waals surface area contributed by atoms with E-state index in [1.54, 1.807) is 0 Å². The summed E-state index contributed by atoms with van der Waals surface area (Å²) in [5.41, 5.74) is 33.1. The van der Waals surface area contributed by atoms with Crippen LogP contribution in [0.15, 0.2) is 289 Å². The van der Waals surface area contributed by atoms with Gasteiger partial charge in [0.05, 0.1) is 5.69 Å². The molecule has 4 aliphatic heterocycles. The molecule has 13 aromatic rings. The minimum atomic E-state index is -0.238. The summed E-state index contributed by atoms with van der Waals surface area (Å²) < 4.78 is 7.73. The third-order valence-electron chi connectivity index (χ3n) is 21.3. The Labute approximate surface area is 596 Å². The van der Waals surface area contributed by atoms with E-state index in [1.807, 2.05) is 11.8 Å². The summed E-state index contributed by atoms with van der Waals surface area (Å²) in [4.78, 5) is 7.86. The predicted molar refractivity (Wildman–Crippen MR) is 430 cm³/mol. The molecule has 4 heterocycles. The Morgan fingerprint density at radius 2 is 0.670 bits per heavy atom. The van der Waals surface area contributed by atoms with Crippen LogP contribution < -0.4 is 47.3 Å². The smallest absolute Gasteiger partial charge is 0.256 e. The largest absolute Gasteiger partial charge is 0.458 e. The van der Waals surface area contributed by atoms with E-state index in [-0.39, 0.29) is 35.1 Å². The van der Waals surface area contributed by atoms with Gasteiger partial charge in [-0.2, -0.15) is 0 Å². The molecule has 0 aliphatic carbocycles. The molecule has 0 fully saturated rings. The third-order valence-corrected chi connectivity index (χ3v) is 22.5. The number of nitrogens with zero attached hydrogens (tertiary/aromatic N) is 2. The van der Waals surface area contributed by atoms with Crippen molar-refractivity contribution in [3.8, 4) is 78.3 Å². The molecule has 6 heteroatoms. The molecule has 486 valence electrons. The Balaban J connectivity index is 1.02. The molecule has 0 saturated heterocycles. The summed E-state index contributed by atoms with van der Waals surface area (Å²) in [5.74, 6) is 1.74. The van der Waals surface area contributed by atoms with Gasteiger partial charge in [-0.1, -0.05) is 325 Å². The van der Waals surface area contributed by atoms with E-state index in [9.17, 15) is 0 Å². The molecule has 4 aliphatic rings. The zero-order valence-electron chi connectivity index (χ0n) is 59.4. The Morgan fingerprint density at radius 1 is 0.270 bits per heavy atom. The molecule has 0 bridgehead atoms. The molecular weight excluding hydrogens is 1230 g/mol. The first-order chi connectivity index (χ1) is 48.1. The molecule has 13 aromatic carbocycles. The van der Waals surface area contributed by atoms with Crippen molar-refractivity contribution in [3.05, 3.63) is 301 Å². The summed E-state index contributed by atoms with van der Waals surface area (Å²) in [6.45, 7) is 27.8. The van der Waals surface area contributed by atoms with E-state index < -0.39 is 0 Å². The van der Waals surface area contributed by atoms with Crippen LogP contribution in [0, 0.1) is 0 Å². The summed E-state index contributed by atoms with van der Waals surface area (Å²) >= 11 is 1.93. The second-order valence-corrected chi connectivity index (χ2v) is 33.2. The fourth-order valence-corrected chi connectivity index (χ4v) is 17.1. The average Bonchev–Trinajstić information content (AvgIpc) is 0.688. The number of para-hydroxylation sites is 2. The van der Waals surface area contributed by atoms with Crippen LogP contribution in [0.5, 0.6) is 11.5 Å². The lowest BCUT2D eigenvalue weighted by Crippen LogP contribution is -2.64. The minimum absolute atomic E-state index is 0.0777. The Kier molecular flexibility index (Phi) is 15.0. The first-order valence-corrected chi connectivity index (χ1v) is 36.4. The van der Waals surface area contributed by atoms with Gasteiger partial charge in [-0.15, -0.1) is 0 Å². The molecule has 0 N–H and O–H groups in total. The van der Waals surface area contributed by atoms with Crippen LogP contribution in [-0.2, 0) is 21.7 Å². The standard InChI is InChI=1S/C94H82B2N2OS/c1-91(2,3)69-45-65(46-70(55-69)92(4,5)6)67-49-82-88-85(52-67)99-84-51-63(59-29-18-13-19-30-59)41-43-76(84)95(88)79-57-78-80(58-81(79)98(82)90-74(61-33-22-15-23-34-61)39-28-40-75(90)62-35-24-16-25-36-62)97(73-37-26-17-27-38-73)83-50-68(66-47-71(93(7,8)9)56-72(48-66)94(10,11)12)54-87-89(83)96(78)77-44-42-64(53-86(77)100-87)60-31-20-14-21-32-60/h13-58H,1-12H3. The maximum absolute atomic E-state index is 7.73. The van der Waals surface area contributed by atoms with Gasteiger partial charge in [0.15, 0.2) is 0 Å². The van der Waals surface area contributed by atoms with Gasteiger partial charge in [-0.25, -0.2) is 0 Å². The number of hydrogen-bond acceptors (Lipinski definition) is 4. The van der Waals surface area contributed by atoms with Crippen LogP contribution in [0.4, 0.5) is 34.1 Å². The molecule has 0 amide bonds. The van der Waals surface area contributed by atoms with Crippen molar-refractivity contribution < 1.29 is 4.74 Å². The van der Waals surface area contributed by atoms with Crippen molar-refractivity contribution in [1.29, 1.82) is 0 Å². The molecule has 0 aromatic heterocycles. The van der Waals surface area contributed by atoms with Gasteiger partial charge in [-0.3, -0.25) is 0 Å². The fraction of sp³-hybridized carbons (Fsp3) is 0.170. The molecule has 0 radical (unpaired) electrons.